The Morgan fingerprint density at radius 1 is 0.944 bits per heavy atom. The first kappa shape index (κ1) is 26.8. The molecule has 5 rings (SSSR count). The Morgan fingerprint density at radius 3 is 2.33 bits per heavy atom. The van der Waals surface area contributed by atoms with Crippen LogP contribution in [0.3, 0.4) is 0 Å². The number of esters is 1. The average molecular weight is 499 g/mol. The van der Waals surface area contributed by atoms with E-state index in [1.165, 1.54) is 12.8 Å². The van der Waals surface area contributed by atoms with Gasteiger partial charge in [-0.15, -0.1) is 0 Å². The number of carbonyl (C=O) groups is 1. The fourth-order valence-electron chi connectivity index (χ4n) is 10.9. The lowest BCUT2D eigenvalue weighted by atomic mass is 9.33. The van der Waals surface area contributed by atoms with Crippen molar-refractivity contribution in [3.05, 3.63) is 11.6 Å². The molecule has 5 aliphatic rings. The molecule has 204 valence electrons. The Labute approximate surface area is 221 Å². The number of aliphatic hydroxyl groups excluding tert-OH is 1. The smallest absolute Gasteiger partial charge is 0.312 e. The highest BCUT2D eigenvalue weighted by Crippen LogP contribution is 2.75. The number of ether oxygens (including phenoxy) is 1. The molecule has 0 aromatic carbocycles. The lowest BCUT2D eigenvalue weighted by molar-refractivity contribution is -0.206. The summed E-state index contributed by atoms with van der Waals surface area (Å²) in [4.78, 5) is 13.7. The van der Waals surface area contributed by atoms with Gasteiger partial charge in [0.15, 0.2) is 0 Å². The van der Waals surface area contributed by atoms with Crippen LogP contribution < -0.4 is 0 Å². The Bertz CT molecular complexity index is 931. The van der Waals surface area contributed by atoms with E-state index in [-0.39, 0.29) is 44.6 Å². The molecule has 0 aromatic heterocycles. The van der Waals surface area contributed by atoms with Gasteiger partial charge in [0.2, 0.25) is 0 Å². The minimum absolute atomic E-state index is 0.0165. The predicted octanol–water partition coefficient (Wildman–Crippen LogP) is 8.10. The second-order valence-electron chi connectivity index (χ2n) is 15.9. The molecular formula is C33H54O3. The molecule has 0 amide bonds. The number of carbonyl (C=O) groups excluding carboxylic acids is 1. The van der Waals surface area contributed by atoms with E-state index in [1.807, 2.05) is 0 Å². The first-order valence-corrected chi connectivity index (χ1v) is 15.2. The molecule has 0 heterocycles. The minimum atomic E-state index is -0.322. The third-order valence-electron chi connectivity index (χ3n) is 13.5. The maximum Gasteiger partial charge on any atom is 0.312 e. The van der Waals surface area contributed by atoms with Crippen LogP contribution in [0.15, 0.2) is 11.6 Å². The van der Waals surface area contributed by atoms with Crippen LogP contribution in [0.1, 0.15) is 126 Å². The zero-order valence-corrected chi connectivity index (χ0v) is 24.6. The lowest BCUT2D eigenvalue weighted by Crippen LogP contribution is -2.65. The van der Waals surface area contributed by atoms with E-state index in [2.05, 4.69) is 61.5 Å². The van der Waals surface area contributed by atoms with E-state index in [0.717, 1.165) is 57.8 Å². The Hall–Kier alpha value is -0.830. The number of rotatable bonds is 3. The Morgan fingerprint density at radius 2 is 1.64 bits per heavy atom. The molecule has 3 nitrogen and oxygen atoms in total. The van der Waals surface area contributed by atoms with Gasteiger partial charge in [-0.3, -0.25) is 4.79 Å². The van der Waals surface area contributed by atoms with E-state index in [0.29, 0.717) is 24.4 Å². The molecule has 0 saturated heterocycles. The average Bonchev–Trinajstić information content (AvgIpc) is 2.80. The molecule has 0 radical (unpaired) electrons. The lowest BCUT2D eigenvalue weighted by Gasteiger charge is -2.71. The molecule has 5 aliphatic carbocycles. The van der Waals surface area contributed by atoms with Gasteiger partial charge in [0.05, 0.1) is 18.1 Å². The molecule has 36 heavy (non-hydrogen) atoms. The quantitative estimate of drug-likeness (QED) is 0.316. The maximum absolute atomic E-state index is 13.7. The van der Waals surface area contributed by atoms with Gasteiger partial charge in [-0.2, -0.15) is 0 Å². The molecule has 0 aromatic rings. The Balaban J connectivity index is 1.57. The number of allylic oxidation sites excluding steroid dienone is 2. The summed E-state index contributed by atoms with van der Waals surface area (Å²) in [6.07, 6.45) is 14.3. The van der Waals surface area contributed by atoms with Crippen molar-refractivity contribution in [2.45, 2.75) is 132 Å². The summed E-state index contributed by atoms with van der Waals surface area (Å²) in [7, 11) is 0. The number of hydrogen-bond donors (Lipinski definition) is 1. The van der Waals surface area contributed by atoms with Gasteiger partial charge in [0.25, 0.3) is 0 Å². The fourth-order valence-corrected chi connectivity index (χ4v) is 10.9. The maximum atomic E-state index is 13.7. The van der Waals surface area contributed by atoms with Crippen molar-refractivity contribution in [3.8, 4) is 0 Å². The highest BCUT2D eigenvalue weighted by atomic mass is 16.5. The summed E-state index contributed by atoms with van der Waals surface area (Å²) < 4.78 is 5.93. The third-order valence-corrected chi connectivity index (χ3v) is 13.5. The van der Waals surface area contributed by atoms with Crippen LogP contribution >= 0.6 is 0 Å². The van der Waals surface area contributed by atoms with Gasteiger partial charge in [-0.05, 0) is 115 Å². The van der Waals surface area contributed by atoms with Crippen LogP contribution in [0, 0.1) is 50.2 Å². The van der Waals surface area contributed by atoms with Crippen molar-refractivity contribution in [2.24, 2.45) is 50.2 Å². The monoisotopic (exact) mass is 498 g/mol. The summed E-state index contributed by atoms with van der Waals surface area (Å²) >= 11 is 0. The number of hydrogen-bond acceptors (Lipinski definition) is 3. The van der Waals surface area contributed by atoms with Crippen LogP contribution in [0.25, 0.3) is 0 Å². The van der Waals surface area contributed by atoms with Gasteiger partial charge in [0, 0.05) is 0 Å². The predicted molar refractivity (Wildman–Crippen MR) is 146 cm³/mol. The molecule has 1 N–H and O–H groups in total. The van der Waals surface area contributed by atoms with Crippen molar-refractivity contribution in [3.63, 3.8) is 0 Å². The molecule has 4 saturated carbocycles. The fraction of sp³-hybridized carbons (Fsp3) is 0.909. The van der Waals surface area contributed by atoms with Crippen molar-refractivity contribution in [1.29, 1.82) is 0 Å². The summed E-state index contributed by atoms with van der Waals surface area (Å²) in [6, 6.07) is 0. The van der Waals surface area contributed by atoms with Gasteiger partial charge in [-0.25, -0.2) is 0 Å². The SMILES string of the molecule is CCCOC(=O)[C@]12CCC(C)(C)C[C@H]1C1=CC[C@@H]3[C@@]4(C)CC[C@H](O)C(C)(C)[C@@H]4CC[C@@]3(C)[C@]1(C)CC2. The zero-order chi connectivity index (χ0) is 26.4. The van der Waals surface area contributed by atoms with Crippen LogP contribution in [0.2, 0.25) is 0 Å². The molecule has 3 heteroatoms. The minimum Gasteiger partial charge on any atom is -0.465 e. The largest absolute Gasteiger partial charge is 0.465 e. The molecule has 4 fully saturated rings. The van der Waals surface area contributed by atoms with Gasteiger partial charge >= 0.3 is 5.97 Å². The van der Waals surface area contributed by atoms with Gasteiger partial charge in [-0.1, -0.05) is 67.0 Å². The summed E-state index contributed by atoms with van der Waals surface area (Å²) in [5.74, 6) is 1.63. The number of fused-ring (bicyclic) bond motifs is 7. The standard InChI is InChI=1S/C33H54O3/c1-9-20-36-27(35)33-18-16-28(2,3)21-23(33)22-10-11-25-30(6)14-13-26(34)29(4,5)24(30)12-15-32(25,8)31(22,7)17-19-33/h10,23-26,34H,9,11-21H2,1-8H3/t23-,24-,25+,26-,30-,31+,32+,33-/m0/s1. The van der Waals surface area contributed by atoms with E-state index < -0.39 is 0 Å². The van der Waals surface area contributed by atoms with Crippen molar-refractivity contribution in [2.75, 3.05) is 6.61 Å². The topological polar surface area (TPSA) is 46.5 Å². The third kappa shape index (κ3) is 3.42. The van der Waals surface area contributed by atoms with Crippen LogP contribution in [0.4, 0.5) is 0 Å². The van der Waals surface area contributed by atoms with Crippen molar-refractivity contribution >= 4 is 5.97 Å². The normalized spacial score (nSPS) is 49.0. The molecule has 0 aliphatic heterocycles. The van der Waals surface area contributed by atoms with Gasteiger partial charge < -0.3 is 9.84 Å². The highest BCUT2D eigenvalue weighted by molar-refractivity contribution is 5.78. The number of aliphatic hydroxyl groups is 1. The van der Waals surface area contributed by atoms with E-state index in [4.69, 9.17) is 4.74 Å². The van der Waals surface area contributed by atoms with Gasteiger partial charge in [0.1, 0.15) is 0 Å². The molecule has 0 spiro atoms. The molecule has 0 bridgehead atoms. The first-order chi connectivity index (χ1) is 16.7. The summed E-state index contributed by atoms with van der Waals surface area (Å²) in [6.45, 7) is 19.9. The van der Waals surface area contributed by atoms with Crippen molar-refractivity contribution < 1.29 is 14.6 Å². The molecule has 0 unspecified atom stereocenters. The molecular weight excluding hydrogens is 444 g/mol. The second kappa shape index (κ2) is 8.33. The van der Waals surface area contributed by atoms with E-state index in [1.54, 1.807) is 5.57 Å². The first-order valence-electron chi connectivity index (χ1n) is 15.2. The summed E-state index contributed by atoms with van der Waals surface area (Å²) in [5.41, 5.74) is 2.18. The summed E-state index contributed by atoms with van der Waals surface area (Å²) in [5, 5.41) is 11.0. The highest BCUT2D eigenvalue weighted by Gasteiger charge is 2.69. The Kier molecular flexibility index (Phi) is 6.19. The van der Waals surface area contributed by atoms with Crippen molar-refractivity contribution in [1.82, 2.24) is 0 Å². The van der Waals surface area contributed by atoms with E-state index >= 15 is 0 Å². The van der Waals surface area contributed by atoms with E-state index in [9.17, 15) is 9.90 Å². The van der Waals surface area contributed by atoms with Crippen LogP contribution in [0.5, 0.6) is 0 Å². The molecule has 8 atom stereocenters. The zero-order valence-electron chi connectivity index (χ0n) is 24.6. The van der Waals surface area contributed by atoms with Crippen LogP contribution in [-0.2, 0) is 9.53 Å². The van der Waals surface area contributed by atoms with Crippen LogP contribution in [-0.4, -0.2) is 23.8 Å². The second-order valence-corrected chi connectivity index (χ2v) is 15.9.